The van der Waals surface area contributed by atoms with Gasteiger partial charge in [-0.15, -0.1) is 0 Å². The number of methoxy groups -OCH3 is 1. The number of hydrogen-bond acceptors (Lipinski definition) is 6. The number of nitrogens with zero attached hydrogens (tertiary/aromatic N) is 4. The number of rotatable bonds is 5. The molecule has 2 heterocycles. The van der Waals surface area contributed by atoms with Crippen LogP contribution in [-0.4, -0.2) is 32.8 Å². The monoisotopic (exact) mass is 391 g/mol. The molecule has 3 aromatic rings. The summed E-state index contributed by atoms with van der Waals surface area (Å²) in [5, 5.41) is 7.76. The van der Waals surface area contributed by atoms with Gasteiger partial charge in [0.1, 0.15) is 0 Å². The number of anilines is 2. The average Bonchev–Trinajstić information content (AvgIpc) is 3.24. The van der Waals surface area contributed by atoms with Gasteiger partial charge < -0.3 is 10.1 Å². The van der Waals surface area contributed by atoms with E-state index >= 15 is 0 Å². The summed E-state index contributed by atoms with van der Waals surface area (Å²) in [5.41, 5.74) is 3.63. The van der Waals surface area contributed by atoms with E-state index in [4.69, 9.17) is 4.74 Å². The Bertz CT molecular complexity index is 1010. The number of aryl methyl sites for hydroxylation is 1. The smallest absolute Gasteiger partial charge is 0.338 e. The maximum absolute atomic E-state index is 12.2. The number of hydrogen-bond donors (Lipinski definition) is 1. The lowest BCUT2D eigenvalue weighted by atomic mass is 9.96. The van der Waals surface area contributed by atoms with Crippen LogP contribution in [0.4, 0.5) is 11.6 Å². The Labute approximate surface area is 170 Å². The van der Waals surface area contributed by atoms with Crippen molar-refractivity contribution in [2.75, 3.05) is 12.4 Å². The molecule has 1 aliphatic rings. The van der Waals surface area contributed by atoms with Gasteiger partial charge in [-0.05, 0) is 31.4 Å². The largest absolute Gasteiger partial charge is 0.465 e. The number of carbonyl (C=O) groups excluding carboxylic acids is 1. The Morgan fingerprint density at radius 1 is 1.17 bits per heavy atom. The van der Waals surface area contributed by atoms with E-state index < -0.39 is 0 Å². The van der Waals surface area contributed by atoms with Gasteiger partial charge in [-0.2, -0.15) is 5.10 Å². The van der Waals surface area contributed by atoms with Gasteiger partial charge in [-0.25, -0.2) is 14.8 Å². The van der Waals surface area contributed by atoms with Gasteiger partial charge in [0, 0.05) is 18.0 Å². The molecule has 0 aliphatic heterocycles. The molecule has 0 unspecified atom stereocenters. The van der Waals surface area contributed by atoms with E-state index in [1.807, 2.05) is 36.0 Å². The molecule has 1 saturated carbocycles. The van der Waals surface area contributed by atoms with Crippen molar-refractivity contribution < 1.29 is 9.53 Å². The number of aromatic nitrogens is 4. The molecule has 1 aromatic carbocycles. The van der Waals surface area contributed by atoms with Crippen LogP contribution in [0.5, 0.6) is 0 Å². The fourth-order valence-corrected chi connectivity index (χ4v) is 3.83. The normalized spacial score (nSPS) is 14.6. The summed E-state index contributed by atoms with van der Waals surface area (Å²) in [6.07, 6.45) is 11.8. The Morgan fingerprint density at radius 3 is 2.76 bits per heavy atom. The number of benzene rings is 1. The van der Waals surface area contributed by atoms with E-state index in [-0.39, 0.29) is 5.97 Å². The summed E-state index contributed by atoms with van der Waals surface area (Å²) in [4.78, 5) is 21.2. The van der Waals surface area contributed by atoms with E-state index in [0.717, 1.165) is 16.8 Å². The fraction of sp³-hybridized carbons (Fsp3) is 0.364. The minimum atomic E-state index is -0.387. The first-order valence-electron chi connectivity index (χ1n) is 9.98. The first-order chi connectivity index (χ1) is 14.2. The summed E-state index contributed by atoms with van der Waals surface area (Å²) in [6.45, 7) is 1.92. The van der Waals surface area contributed by atoms with Crippen LogP contribution in [0, 0.1) is 6.92 Å². The predicted octanol–water partition coefficient (Wildman–Crippen LogP) is 4.68. The van der Waals surface area contributed by atoms with E-state index in [0.29, 0.717) is 23.2 Å². The minimum absolute atomic E-state index is 0.387. The third-order valence-corrected chi connectivity index (χ3v) is 5.37. The second kappa shape index (κ2) is 8.43. The number of ether oxygens (including phenoxy) is 1. The van der Waals surface area contributed by atoms with E-state index in [1.165, 1.54) is 39.2 Å². The van der Waals surface area contributed by atoms with Crippen molar-refractivity contribution in [1.82, 2.24) is 19.7 Å². The lowest BCUT2D eigenvalue weighted by molar-refractivity contribution is 0.0601. The molecule has 4 rings (SSSR count). The molecule has 0 saturated heterocycles. The van der Waals surface area contributed by atoms with Gasteiger partial charge in [-0.3, -0.25) is 4.68 Å². The summed E-state index contributed by atoms with van der Waals surface area (Å²) >= 11 is 0. The highest BCUT2D eigenvalue weighted by Crippen LogP contribution is 2.29. The van der Waals surface area contributed by atoms with Crippen LogP contribution in [0.2, 0.25) is 0 Å². The van der Waals surface area contributed by atoms with Crippen LogP contribution < -0.4 is 5.32 Å². The van der Waals surface area contributed by atoms with Crippen LogP contribution in [0.25, 0.3) is 11.3 Å². The summed E-state index contributed by atoms with van der Waals surface area (Å²) in [6, 6.07) is 7.77. The third-order valence-electron chi connectivity index (χ3n) is 5.37. The lowest BCUT2D eigenvalue weighted by Gasteiger charge is -2.21. The predicted molar refractivity (Wildman–Crippen MR) is 111 cm³/mol. The summed E-state index contributed by atoms with van der Waals surface area (Å²) < 4.78 is 6.96. The van der Waals surface area contributed by atoms with Gasteiger partial charge >= 0.3 is 5.97 Å². The SMILES string of the molecule is COC(=O)c1ccccc1-c1nc(Nc2cnn(C3CCCCC3)c2)ncc1C. The van der Waals surface area contributed by atoms with Crippen molar-refractivity contribution >= 4 is 17.6 Å². The Balaban J connectivity index is 1.60. The summed E-state index contributed by atoms with van der Waals surface area (Å²) in [5.74, 6) is 0.0790. The van der Waals surface area contributed by atoms with E-state index in [2.05, 4.69) is 20.4 Å². The second-order valence-corrected chi connectivity index (χ2v) is 7.39. The molecule has 1 aliphatic carbocycles. The van der Waals surface area contributed by atoms with Gasteiger partial charge in [0.25, 0.3) is 0 Å². The second-order valence-electron chi connectivity index (χ2n) is 7.39. The maximum atomic E-state index is 12.2. The number of carbonyl (C=O) groups is 1. The molecule has 2 aromatic heterocycles. The van der Waals surface area contributed by atoms with Gasteiger partial charge in [0.2, 0.25) is 5.95 Å². The molecule has 0 atom stereocenters. The molecule has 7 heteroatoms. The van der Waals surface area contributed by atoms with Crippen molar-refractivity contribution in [2.24, 2.45) is 0 Å². The summed E-state index contributed by atoms with van der Waals surface area (Å²) in [7, 11) is 1.38. The first kappa shape index (κ1) is 19.1. The molecular formula is C22H25N5O2. The standard InChI is InChI=1S/C22H25N5O2/c1-15-12-23-22(25-16-13-24-27(14-16)17-8-4-3-5-9-17)26-20(15)18-10-6-7-11-19(18)21(28)29-2/h6-7,10-14,17H,3-5,8-9H2,1-2H3,(H,23,25,26). The molecule has 29 heavy (non-hydrogen) atoms. The average molecular weight is 391 g/mol. The van der Waals surface area contributed by atoms with Crippen LogP contribution >= 0.6 is 0 Å². The van der Waals surface area contributed by atoms with Crippen molar-refractivity contribution in [3.63, 3.8) is 0 Å². The van der Waals surface area contributed by atoms with Crippen molar-refractivity contribution in [1.29, 1.82) is 0 Å². The highest BCUT2D eigenvalue weighted by Gasteiger charge is 2.18. The van der Waals surface area contributed by atoms with Crippen molar-refractivity contribution in [3.8, 4) is 11.3 Å². The molecular weight excluding hydrogens is 366 g/mol. The van der Waals surface area contributed by atoms with E-state index in [1.54, 1.807) is 18.5 Å². The maximum Gasteiger partial charge on any atom is 0.338 e. The van der Waals surface area contributed by atoms with Gasteiger partial charge in [-0.1, -0.05) is 37.5 Å². The molecule has 0 amide bonds. The third kappa shape index (κ3) is 4.13. The highest BCUT2D eigenvalue weighted by atomic mass is 16.5. The Hall–Kier alpha value is -3.22. The first-order valence-corrected chi connectivity index (χ1v) is 9.98. The van der Waals surface area contributed by atoms with Gasteiger partial charge in [0.05, 0.1) is 36.3 Å². The number of esters is 1. The lowest BCUT2D eigenvalue weighted by Crippen LogP contribution is -2.12. The van der Waals surface area contributed by atoms with Crippen molar-refractivity contribution in [2.45, 2.75) is 45.1 Å². The quantitative estimate of drug-likeness (QED) is 0.636. The topological polar surface area (TPSA) is 81.9 Å². The number of nitrogens with one attached hydrogen (secondary N) is 1. The molecule has 0 radical (unpaired) electrons. The van der Waals surface area contributed by atoms with Crippen LogP contribution in [-0.2, 0) is 4.74 Å². The fourth-order valence-electron chi connectivity index (χ4n) is 3.83. The van der Waals surface area contributed by atoms with Crippen molar-refractivity contribution in [3.05, 3.63) is 54.0 Å². The zero-order valence-corrected chi connectivity index (χ0v) is 16.8. The molecule has 1 fully saturated rings. The zero-order chi connectivity index (χ0) is 20.2. The van der Waals surface area contributed by atoms with Gasteiger partial charge in [0.15, 0.2) is 0 Å². The minimum Gasteiger partial charge on any atom is -0.465 e. The van der Waals surface area contributed by atoms with Crippen LogP contribution in [0.15, 0.2) is 42.9 Å². The molecule has 0 bridgehead atoms. The van der Waals surface area contributed by atoms with Crippen LogP contribution in [0.3, 0.4) is 0 Å². The zero-order valence-electron chi connectivity index (χ0n) is 16.8. The molecule has 1 N–H and O–H groups in total. The molecule has 0 spiro atoms. The van der Waals surface area contributed by atoms with E-state index in [9.17, 15) is 4.79 Å². The Morgan fingerprint density at radius 2 is 1.97 bits per heavy atom. The molecule has 7 nitrogen and oxygen atoms in total. The Kier molecular flexibility index (Phi) is 5.55. The molecule has 150 valence electrons. The van der Waals surface area contributed by atoms with Crippen LogP contribution in [0.1, 0.15) is 54.1 Å². The highest BCUT2D eigenvalue weighted by molar-refractivity contribution is 5.97.